The first kappa shape index (κ1) is 9.71. The van der Waals surface area contributed by atoms with Crippen molar-refractivity contribution in [2.75, 3.05) is 0 Å². The molecule has 0 amide bonds. The first-order valence-corrected chi connectivity index (χ1v) is 6.07. The van der Waals surface area contributed by atoms with Crippen LogP contribution in [0.1, 0.15) is 31.5 Å². The molecule has 0 aliphatic heterocycles. The first-order chi connectivity index (χ1) is 7.77. The Hall–Kier alpha value is -1.50. The maximum atomic E-state index is 3.56. The number of fused-ring (bicyclic) bond motifs is 3. The minimum Gasteiger partial charge on any atom is -0.358 e. The summed E-state index contributed by atoms with van der Waals surface area (Å²) < 4.78 is 0. The lowest BCUT2D eigenvalue weighted by atomic mass is 9.87. The van der Waals surface area contributed by atoms with Gasteiger partial charge in [0, 0.05) is 22.2 Å². The van der Waals surface area contributed by atoms with Crippen molar-refractivity contribution in [1.29, 1.82) is 0 Å². The van der Waals surface area contributed by atoms with Crippen molar-refractivity contribution in [3.05, 3.63) is 41.6 Å². The van der Waals surface area contributed by atoms with E-state index in [4.69, 9.17) is 0 Å². The van der Waals surface area contributed by atoms with Crippen molar-refractivity contribution in [3.8, 4) is 0 Å². The predicted molar refractivity (Wildman–Crippen MR) is 69.4 cm³/mol. The van der Waals surface area contributed by atoms with Crippen molar-refractivity contribution >= 4 is 16.5 Å². The zero-order chi connectivity index (χ0) is 11.1. The Morgan fingerprint density at radius 1 is 1.19 bits per heavy atom. The third-order valence-corrected chi connectivity index (χ3v) is 3.45. The van der Waals surface area contributed by atoms with Gasteiger partial charge in [0.1, 0.15) is 0 Å². The van der Waals surface area contributed by atoms with E-state index in [0.29, 0.717) is 5.92 Å². The van der Waals surface area contributed by atoms with Gasteiger partial charge in [0.15, 0.2) is 0 Å². The summed E-state index contributed by atoms with van der Waals surface area (Å²) in [6, 6.07) is 8.63. The van der Waals surface area contributed by atoms with Crippen LogP contribution in [0.3, 0.4) is 0 Å². The monoisotopic (exact) mass is 211 g/mol. The van der Waals surface area contributed by atoms with E-state index in [-0.39, 0.29) is 0 Å². The third-order valence-electron chi connectivity index (χ3n) is 3.45. The highest BCUT2D eigenvalue weighted by atomic mass is 14.7. The Bertz CT molecular complexity index is 558. The van der Waals surface area contributed by atoms with Crippen LogP contribution in [0.2, 0.25) is 0 Å². The molecule has 1 aromatic carbocycles. The number of hydrogen-bond acceptors (Lipinski definition) is 0. The molecular formula is C15H17N. The highest BCUT2D eigenvalue weighted by molar-refractivity contribution is 5.95. The Balaban J connectivity index is 2.31. The molecule has 1 heterocycles. The number of aromatic nitrogens is 1. The Kier molecular flexibility index (Phi) is 2.13. The van der Waals surface area contributed by atoms with E-state index in [1.54, 1.807) is 0 Å². The summed E-state index contributed by atoms with van der Waals surface area (Å²) in [6.45, 7) is 4.56. The van der Waals surface area contributed by atoms with Gasteiger partial charge in [-0.05, 0) is 30.4 Å². The summed E-state index contributed by atoms with van der Waals surface area (Å²) in [5, 5.41) is 1.39. The van der Waals surface area contributed by atoms with E-state index in [0.717, 1.165) is 6.42 Å². The molecule has 16 heavy (non-hydrogen) atoms. The van der Waals surface area contributed by atoms with Crippen LogP contribution in [-0.2, 0) is 6.42 Å². The molecule has 0 fully saturated rings. The highest BCUT2D eigenvalue weighted by Crippen LogP contribution is 2.36. The smallest absolute Gasteiger partial charge is 0.0462 e. The summed E-state index contributed by atoms with van der Waals surface area (Å²) in [6.07, 6.45) is 4.74. The van der Waals surface area contributed by atoms with Gasteiger partial charge in [-0.3, -0.25) is 0 Å². The van der Waals surface area contributed by atoms with Gasteiger partial charge in [-0.25, -0.2) is 0 Å². The van der Waals surface area contributed by atoms with Crippen LogP contribution in [0.4, 0.5) is 0 Å². The fourth-order valence-corrected chi connectivity index (χ4v) is 2.71. The number of nitrogens with one attached hydrogen (secondary N) is 1. The highest BCUT2D eigenvalue weighted by Gasteiger charge is 2.19. The Labute approximate surface area is 96.2 Å². The summed E-state index contributed by atoms with van der Waals surface area (Å²) in [4.78, 5) is 3.56. The fraction of sp³-hybridized carbons (Fsp3) is 0.333. The minimum absolute atomic E-state index is 0.609. The quantitative estimate of drug-likeness (QED) is 0.729. The van der Waals surface area contributed by atoms with Crippen LogP contribution in [0.15, 0.2) is 30.3 Å². The Morgan fingerprint density at radius 3 is 2.81 bits per heavy atom. The van der Waals surface area contributed by atoms with Gasteiger partial charge in [-0.1, -0.05) is 38.1 Å². The maximum Gasteiger partial charge on any atom is 0.0462 e. The van der Waals surface area contributed by atoms with Gasteiger partial charge < -0.3 is 4.98 Å². The fourth-order valence-electron chi connectivity index (χ4n) is 2.71. The second kappa shape index (κ2) is 3.51. The number of H-pyrrole nitrogens is 1. The number of aromatic amines is 1. The van der Waals surface area contributed by atoms with E-state index in [1.807, 2.05) is 0 Å². The largest absolute Gasteiger partial charge is 0.358 e. The second-order valence-electron chi connectivity index (χ2n) is 4.88. The summed E-state index contributed by atoms with van der Waals surface area (Å²) in [5.41, 5.74) is 5.68. The van der Waals surface area contributed by atoms with E-state index < -0.39 is 0 Å². The lowest BCUT2D eigenvalue weighted by Gasteiger charge is -2.17. The average molecular weight is 211 g/mol. The van der Waals surface area contributed by atoms with Gasteiger partial charge in [0.2, 0.25) is 0 Å². The molecule has 3 rings (SSSR count). The zero-order valence-electron chi connectivity index (χ0n) is 9.88. The number of allylic oxidation sites excluding steroid dienone is 2. The van der Waals surface area contributed by atoms with E-state index >= 15 is 0 Å². The van der Waals surface area contributed by atoms with Crippen LogP contribution in [-0.4, -0.2) is 4.98 Å². The van der Waals surface area contributed by atoms with Crippen molar-refractivity contribution in [1.82, 2.24) is 4.98 Å². The van der Waals surface area contributed by atoms with Gasteiger partial charge in [0.05, 0.1) is 0 Å². The molecule has 1 nitrogen and oxygen atoms in total. The molecule has 2 aromatic rings. The molecule has 0 saturated heterocycles. The average Bonchev–Trinajstić information content (AvgIpc) is 2.66. The minimum atomic E-state index is 0.609. The van der Waals surface area contributed by atoms with Crippen LogP contribution < -0.4 is 0 Å². The van der Waals surface area contributed by atoms with E-state index in [1.165, 1.54) is 34.2 Å². The maximum absolute atomic E-state index is 3.56. The summed E-state index contributed by atoms with van der Waals surface area (Å²) in [7, 11) is 0. The predicted octanol–water partition coefficient (Wildman–Crippen LogP) is 4.15. The standard InChI is InChI=1S/C15H17N/c1-10(2)11-7-5-9-14-15(11)12-6-3-4-8-13(12)16-14/h3-4,6-8,10,16H,5,9H2,1-2H3. The normalized spacial score (nSPS) is 15.3. The number of para-hydroxylation sites is 1. The van der Waals surface area contributed by atoms with Gasteiger partial charge >= 0.3 is 0 Å². The molecule has 1 aliphatic rings. The number of hydrogen-bond donors (Lipinski definition) is 1. The lowest BCUT2D eigenvalue weighted by Crippen LogP contribution is -2.02. The van der Waals surface area contributed by atoms with E-state index in [9.17, 15) is 0 Å². The molecule has 82 valence electrons. The molecule has 1 aliphatic carbocycles. The molecule has 0 unspecified atom stereocenters. The van der Waals surface area contributed by atoms with E-state index in [2.05, 4.69) is 49.2 Å². The van der Waals surface area contributed by atoms with Crippen LogP contribution in [0.25, 0.3) is 16.5 Å². The lowest BCUT2D eigenvalue weighted by molar-refractivity contribution is 0.826. The summed E-state index contributed by atoms with van der Waals surface area (Å²) >= 11 is 0. The molecule has 0 atom stereocenters. The molecule has 1 aromatic heterocycles. The van der Waals surface area contributed by atoms with Gasteiger partial charge in [0.25, 0.3) is 0 Å². The number of rotatable bonds is 1. The molecule has 1 N–H and O–H groups in total. The molecule has 0 bridgehead atoms. The number of aryl methyl sites for hydroxylation is 1. The SMILES string of the molecule is CC(C)C1=CCCc2[nH]c3ccccc3c21. The molecule has 0 spiro atoms. The van der Waals surface area contributed by atoms with Crippen molar-refractivity contribution in [2.45, 2.75) is 26.7 Å². The van der Waals surface area contributed by atoms with Crippen LogP contribution >= 0.6 is 0 Å². The molecular weight excluding hydrogens is 194 g/mol. The Morgan fingerprint density at radius 2 is 2.00 bits per heavy atom. The van der Waals surface area contributed by atoms with Crippen molar-refractivity contribution in [3.63, 3.8) is 0 Å². The van der Waals surface area contributed by atoms with Crippen molar-refractivity contribution in [2.24, 2.45) is 5.92 Å². The zero-order valence-corrected chi connectivity index (χ0v) is 9.88. The number of benzene rings is 1. The topological polar surface area (TPSA) is 15.8 Å². The molecule has 1 heteroatoms. The third kappa shape index (κ3) is 1.31. The van der Waals surface area contributed by atoms with Gasteiger partial charge in [-0.2, -0.15) is 0 Å². The van der Waals surface area contributed by atoms with Crippen LogP contribution in [0.5, 0.6) is 0 Å². The van der Waals surface area contributed by atoms with Gasteiger partial charge in [-0.15, -0.1) is 0 Å². The summed E-state index contributed by atoms with van der Waals surface area (Å²) in [5.74, 6) is 0.609. The second-order valence-corrected chi connectivity index (χ2v) is 4.88. The first-order valence-electron chi connectivity index (χ1n) is 6.07. The molecule has 0 radical (unpaired) electrons. The molecule has 0 saturated carbocycles. The van der Waals surface area contributed by atoms with Crippen molar-refractivity contribution < 1.29 is 0 Å². The van der Waals surface area contributed by atoms with Crippen LogP contribution in [0, 0.1) is 5.92 Å².